The van der Waals surface area contributed by atoms with Crippen molar-refractivity contribution < 1.29 is 14.7 Å². The molecule has 0 fully saturated rings. The van der Waals surface area contributed by atoms with E-state index in [0.717, 1.165) is 21.7 Å². The van der Waals surface area contributed by atoms with Gasteiger partial charge < -0.3 is 4.84 Å². The third-order valence-electron chi connectivity index (χ3n) is 4.67. The van der Waals surface area contributed by atoms with Gasteiger partial charge in [-0.1, -0.05) is 53.5 Å². The van der Waals surface area contributed by atoms with Crippen molar-refractivity contribution in [2.45, 2.75) is 0 Å². The lowest BCUT2D eigenvalue weighted by Gasteiger charge is -2.19. The number of hydrazine groups is 1. The molecule has 0 aliphatic carbocycles. The van der Waals surface area contributed by atoms with Crippen molar-refractivity contribution in [3.63, 3.8) is 0 Å². The zero-order chi connectivity index (χ0) is 21.6. The highest BCUT2D eigenvalue weighted by molar-refractivity contribution is 6.14. The summed E-state index contributed by atoms with van der Waals surface area (Å²) in [6.45, 7) is 0.286. The van der Waals surface area contributed by atoms with Gasteiger partial charge in [0.05, 0.1) is 24.2 Å². The van der Waals surface area contributed by atoms with Crippen molar-refractivity contribution in [2.75, 3.05) is 18.4 Å². The van der Waals surface area contributed by atoms with E-state index in [1.807, 2.05) is 36.4 Å². The molecule has 0 saturated carbocycles. The summed E-state index contributed by atoms with van der Waals surface area (Å²) in [6.07, 6.45) is 4.16. The zero-order valence-electron chi connectivity index (χ0n) is 16.4. The van der Waals surface area contributed by atoms with Gasteiger partial charge in [-0.05, 0) is 29.9 Å². The number of rotatable bonds is 5. The molecule has 2 aromatic rings. The molecule has 4 rings (SSSR count). The first-order chi connectivity index (χ1) is 15.1. The number of nitrogens with zero attached hydrogens (tertiary/aromatic N) is 3. The summed E-state index contributed by atoms with van der Waals surface area (Å²) in [4.78, 5) is 33.1. The molecule has 0 unspecified atom stereocenters. The topological polar surface area (TPSA) is 109 Å². The number of hydrogen-bond acceptors (Lipinski definition) is 6. The average Bonchev–Trinajstić information content (AvgIpc) is 2.97. The van der Waals surface area contributed by atoms with Crippen LogP contribution in [-0.4, -0.2) is 34.9 Å². The fourth-order valence-corrected chi connectivity index (χ4v) is 3.22. The standard InChI is InChI=1S/C22H19N5O4/c28-22(24-18-9-5-2-6-10-18)31-25-19-13-17-11-12-26(27(29)30)15-20(17)21(23-14-19)16-7-3-1-4-8-16/h1-13,25H,14-15H2,(H,24,28). The molecular formula is C22H19N5O4. The number of hydrogen-bond donors (Lipinski definition) is 2. The van der Waals surface area contributed by atoms with Crippen LogP contribution in [0.2, 0.25) is 0 Å². The van der Waals surface area contributed by atoms with Crippen LogP contribution in [0.25, 0.3) is 0 Å². The van der Waals surface area contributed by atoms with Gasteiger partial charge in [0.25, 0.3) is 0 Å². The number of carbonyl (C=O) groups excluding carboxylic acids is 1. The molecule has 0 saturated heterocycles. The van der Waals surface area contributed by atoms with E-state index >= 15 is 0 Å². The summed E-state index contributed by atoms with van der Waals surface area (Å²) in [5, 5.41) is 14.4. The lowest BCUT2D eigenvalue weighted by molar-refractivity contribution is -0.638. The third-order valence-corrected chi connectivity index (χ3v) is 4.67. The lowest BCUT2D eigenvalue weighted by atomic mass is 9.95. The van der Waals surface area contributed by atoms with Crippen molar-refractivity contribution in [1.82, 2.24) is 10.5 Å². The number of para-hydroxylation sites is 1. The molecule has 0 bridgehead atoms. The SMILES string of the molecule is O=C(Nc1ccccc1)ONC1=CC2=C(CN([N+](=O)[O-])C=C2)C(c2ccccc2)=NC1. The molecule has 0 aromatic heterocycles. The Hall–Kier alpha value is -4.40. The van der Waals surface area contributed by atoms with Crippen LogP contribution in [0.15, 0.2) is 101 Å². The normalized spacial score (nSPS) is 15.3. The number of aliphatic imine (C=N–C) groups is 1. The summed E-state index contributed by atoms with van der Waals surface area (Å²) in [5.74, 6) is 0. The highest BCUT2D eigenvalue weighted by Crippen LogP contribution is 2.24. The second-order valence-corrected chi connectivity index (χ2v) is 6.77. The molecule has 2 N–H and O–H groups in total. The second-order valence-electron chi connectivity index (χ2n) is 6.77. The molecule has 31 heavy (non-hydrogen) atoms. The van der Waals surface area contributed by atoms with Crippen LogP contribution in [0.5, 0.6) is 0 Å². The number of carbonyl (C=O) groups is 1. The van der Waals surface area contributed by atoms with Gasteiger partial charge in [-0.25, -0.2) is 20.4 Å². The Bertz CT molecular complexity index is 1110. The van der Waals surface area contributed by atoms with E-state index < -0.39 is 11.1 Å². The molecule has 2 aliphatic heterocycles. The van der Waals surface area contributed by atoms with Crippen molar-refractivity contribution in [3.05, 3.63) is 112 Å². The molecule has 2 aliphatic rings. The van der Waals surface area contributed by atoms with Gasteiger partial charge >= 0.3 is 6.09 Å². The number of amides is 1. The number of anilines is 1. The van der Waals surface area contributed by atoms with Gasteiger partial charge in [-0.2, -0.15) is 0 Å². The number of nitro groups is 1. The van der Waals surface area contributed by atoms with E-state index in [-0.39, 0.29) is 13.1 Å². The summed E-state index contributed by atoms with van der Waals surface area (Å²) in [7, 11) is 0. The minimum absolute atomic E-state index is 0.0751. The Morgan fingerprint density at radius 2 is 1.81 bits per heavy atom. The van der Waals surface area contributed by atoms with Gasteiger partial charge in [0.15, 0.2) is 5.03 Å². The van der Waals surface area contributed by atoms with Crippen molar-refractivity contribution in [3.8, 4) is 0 Å². The second kappa shape index (κ2) is 8.95. The predicted octanol–water partition coefficient (Wildman–Crippen LogP) is 3.44. The van der Waals surface area contributed by atoms with E-state index in [0.29, 0.717) is 17.1 Å². The molecule has 1 amide bonds. The van der Waals surface area contributed by atoms with Crippen LogP contribution < -0.4 is 10.8 Å². The summed E-state index contributed by atoms with van der Waals surface area (Å²) in [6, 6.07) is 18.4. The molecule has 0 atom stereocenters. The maximum atomic E-state index is 12.1. The van der Waals surface area contributed by atoms with Crippen molar-refractivity contribution in [1.29, 1.82) is 0 Å². The molecule has 9 nitrogen and oxygen atoms in total. The Morgan fingerprint density at radius 3 is 2.52 bits per heavy atom. The van der Waals surface area contributed by atoms with Gasteiger partial charge in [0.2, 0.25) is 0 Å². The number of allylic oxidation sites excluding steroid dienone is 3. The van der Waals surface area contributed by atoms with Crippen LogP contribution in [0.4, 0.5) is 10.5 Å². The van der Waals surface area contributed by atoms with Crippen LogP contribution in [0.1, 0.15) is 5.56 Å². The maximum absolute atomic E-state index is 12.1. The zero-order valence-corrected chi connectivity index (χ0v) is 16.4. The van der Waals surface area contributed by atoms with Crippen LogP contribution in [0.3, 0.4) is 0 Å². The van der Waals surface area contributed by atoms with Crippen LogP contribution in [0, 0.1) is 10.1 Å². The highest BCUT2D eigenvalue weighted by atomic mass is 16.7. The molecular weight excluding hydrogens is 398 g/mol. The number of benzene rings is 2. The molecule has 0 radical (unpaired) electrons. The Balaban J connectivity index is 1.54. The number of nitrogens with one attached hydrogen (secondary N) is 2. The van der Waals surface area contributed by atoms with Gasteiger partial charge in [-0.3, -0.25) is 10.3 Å². The van der Waals surface area contributed by atoms with Crippen molar-refractivity contribution >= 4 is 17.5 Å². The first-order valence-corrected chi connectivity index (χ1v) is 9.52. The van der Waals surface area contributed by atoms with Gasteiger partial charge in [0.1, 0.15) is 6.54 Å². The van der Waals surface area contributed by atoms with E-state index in [1.165, 1.54) is 6.20 Å². The number of hydroxylamine groups is 1. The van der Waals surface area contributed by atoms with E-state index in [2.05, 4.69) is 15.8 Å². The smallest absolute Gasteiger partial charge is 0.324 e. The van der Waals surface area contributed by atoms with Gasteiger partial charge in [-0.15, -0.1) is 0 Å². The fraction of sp³-hybridized carbons (Fsp3) is 0.0909. The quantitative estimate of drug-likeness (QED) is 0.570. The van der Waals surface area contributed by atoms with Gasteiger partial charge in [0, 0.05) is 16.8 Å². The minimum atomic E-state index is -0.670. The minimum Gasteiger partial charge on any atom is -0.324 e. The molecule has 2 aromatic carbocycles. The lowest BCUT2D eigenvalue weighted by Crippen LogP contribution is -2.31. The highest BCUT2D eigenvalue weighted by Gasteiger charge is 2.26. The monoisotopic (exact) mass is 417 g/mol. The van der Waals surface area contributed by atoms with Crippen molar-refractivity contribution in [2.24, 2.45) is 4.99 Å². The first-order valence-electron chi connectivity index (χ1n) is 9.52. The predicted molar refractivity (Wildman–Crippen MR) is 115 cm³/mol. The van der Waals surface area contributed by atoms with E-state index in [4.69, 9.17) is 4.84 Å². The summed E-state index contributed by atoms with van der Waals surface area (Å²) in [5.41, 5.74) is 6.78. The fourth-order valence-electron chi connectivity index (χ4n) is 3.22. The largest absolute Gasteiger partial charge is 0.435 e. The van der Waals surface area contributed by atoms with Crippen LogP contribution >= 0.6 is 0 Å². The maximum Gasteiger partial charge on any atom is 0.435 e. The molecule has 2 heterocycles. The first kappa shape index (κ1) is 19.9. The Kier molecular flexibility index (Phi) is 5.75. The molecule has 9 heteroatoms. The average molecular weight is 417 g/mol. The Morgan fingerprint density at radius 1 is 1.10 bits per heavy atom. The third kappa shape index (κ3) is 4.78. The van der Waals surface area contributed by atoms with Crippen LogP contribution in [-0.2, 0) is 4.84 Å². The van der Waals surface area contributed by atoms with E-state index in [9.17, 15) is 14.9 Å². The Labute approximate surface area is 178 Å². The molecule has 156 valence electrons. The summed E-state index contributed by atoms with van der Waals surface area (Å²) < 4.78 is 0. The summed E-state index contributed by atoms with van der Waals surface area (Å²) >= 11 is 0. The molecule has 0 spiro atoms. The van der Waals surface area contributed by atoms with E-state index in [1.54, 1.807) is 36.4 Å².